The van der Waals surface area contributed by atoms with Crippen molar-refractivity contribution in [1.82, 2.24) is 0 Å². The summed E-state index contributed by atoms with van der Waals surface area (Å²) in [7, 11) is 2.12. The molecule has 0 aliphatic carbocycles. The van der Waals surface area contributed by atoms with Crippen molar-refractivity contribution in [3.8, 4) is 0 Å². The van der Waals surface area contributed by atoms with Crippen LogP contribution in [0, 0.1) is 5.92 Å². The maximum absolute atomic E-state index is 12.6. The van der Waals surface area contributed by atoms with Crippen LogP contribution >= 0.6 is 0 Å². The first-order valence-corrected chi connectivity index (χ1v) is 6.52. The fraction of sp³-hybridized carbons (Fsp3) is 0.400. The van der Waals surface area contributed by atoms with Gasteiger partial charge in [0.15, 0.2) is 5.92 Å². The van der Waals surface area contributed by atoms with Crippen LogP contribution in [-0.2, 0) is 30.0 Å². The van der Waals surface area contributed by atoms with Crippen LogP contribution in [0.1, 0.15) is 23.5 Å². The molecule has 0 heterocycles. The van der Waals surface area contributed by atoms with Crippen molar-refractivity contribution in [2.45, 2.75) is 18.5 Å². The summed E-state index contributed by atoms with van der Waals surface area (Å²) >= 11 is 0. The molecule has 0 aliphatic rings. The SMILES string of the molecule is COC(=O)C(C(=O)OC)[C@H](CC=O)c1ccc(C(F)(F)F)cc1. The summed E-state index contributed by atoms with van der Waals surface area (Å²) in [5.74, 6) is -4.27. The third-order valence-electron chi connectivity index (χ3n) is 3.33. The highest BCUT2D eigenvalue weighted by Crippen LogP contribution is 2.33. The van der Waals surface area contributed by atoms with Crippen molar-refractivity contribution >= 4 is 18.2 Å². The fourth-order valence-electron chi connectivity index (χ4n) is 2.17. The van der Waals surface area contributed by atoms with Crippen molar-refractivity contribution in [3.63, 3.8) is 0 Å². The second-order valence-corrected chi connectivity index (χ2v) is 4.65. The monoisotopic (exact) mass is 332 g/mol. The van der Waals surface area contributed by atoms with Gasteiger partial charge in [0.2, 0.25) is 0 Å². The van der Waals surface area contributed by atoms with Gasteiger partial charge in [-0.3, -0.25) is 9.59 Å². The van der Waals surface area contributed by atoms with Crippen LogP contribution in [0.3, 0.4) is 0 Å². The van der Waals surface area contributed by atoms with Crippen LogP contribution in [0.25, 0.3) is 0 Å². The Morgan fingerprint density at radius 3 is 1.91 bits per heavy atom. The predicted octanol–water partition coefficient (Wildman–Crippen LogP) is 2.34. The Hall–Kier alpha value is -2.38. The molecule has 1 atom stereocenters. The van der Waals surface area contributed by atoms with Crippen molar-refractivity contribution in [3.05, 3.63) is 35.4 Å². The molecule has 0 fully saturated rings. The van der Waals surface area contributed by atoms with Crippen LogP contribution < -0.4 is 0 Å². The summed E-state index contributed by atoms with van der Waals surface area (Å²) in [5.41, 5.74) is -0.648. The highest BCUT2D eigenvalue weighted by atomic mass is 19.4. The summed E-state index contributed by atoms with van der Waals surface area (Å²) < 4.78 is 46.8. The molecule has 0 unspecified atom stereocenters. The number of rotatable bonds is 6. The molecule has 0 bridgehead atoms. The molecule has 126 valence electrons. The Morgan fingerprint density at radius 1 is 1.09 bits per heavy atom. The van der Waals surface area contributed by atoms with Gasteiger partial charge >= 0.3 is 18.1 Å². The topological polar surface area (TPSA) is 69.7 Å². The number of aldehydes is 1. The number of carbonyl (C=O) groups excluding carboxylic acids is 3. The number of carbonyl (C=O) groups is 3. The minimum absolute atomic E-state index is 0.228. The van der Waals surface area contributed by atoms with Gasteiger partial charge in [-0.1, -0.05) is 12.1 Å². The number of methoxy groups -OCH3 is 2. The zero-order valence-electron chi connectivity index (χ0n) is 12.4. The van der Waals surface area contributed by atoms with Crippen molar-refractivity contribution in [2.24, 2.45) is 5.92 Å². The lowest BCUT2D eigenvalue weighted by molar-refractivity contribution is -0.160. The zero-order valence-corrected chi connectivity index (χ0v) is 12.4. The molecule has 0 N–H and O–H groups in total. The average molecular weight is 332 g/mol. The lowest BCUT2D eigenvalue weighted by atomic mass is 9.83. The van der Waals surface area contributed by atoms with E-state index in [1.165, 1.54) is 0 Å². The normalized spacial score (nSPS) is 12.6. The molecule has 23 heavy (non-hydrogen) atoms. The molecule has 0 radical (unpaired) electrons. The number of esters is 2. The summed E-state index contributed by atoms with van der Waals surface area (Å²) in [4.78, 5) is 34.5. The van der Waals surface area contributed by atoms with Gasteiger partial charge in [0.05, 0.1) is 19.8 Å². The molecule has 0 saturated carbocycles. The van der Waals surface area contributed by atoms with E-state index in [1.807, 2.05) is 0 Å². The quantitative estimate of drug-likeness (QED) is 0.454. The van der Waals surface area contributed by atoms with Crippen LogP contribution in [0.2, 0.25) is 0 Å². The lowest BCUT2D eigenvalue weighted by Gasteiger charge is -2.22. The standard InChI is InChI=1S/C15H15F3O5/c1-22-13(20)12(14(21)23-2)11(7-8-19)9-3-5-10(6-4-9)15(16,17)18/h3-6,8,11-12H,7H2,1-2H3/t11-/m1/s1. The van der Waals surface area contributed by atoms with Crippen LogP contribution in [0.5, 0.6) is 0 Å². The molecular formula is C15H15F3O5. The summed E-state index contributed by atoms with van der Waals surface area (Å²) in [6, 6.07) is 3.88. The molecular weight excluding hydrogens is 317 g/mol. The Balaban J connectivity index is 3.25. The maximum atomic E-state index is 12.6. The molecule has 0 saturated heterocycles. The average Bonchev–Trinajstić information content (AvgIpc) is 2.53. The second-order valence-electron chi connectivity index (χ2n) is 4.65. The third-order valence-corrected chi connectivity index (χ3v) is 3.33. The first-order chi connectivity index (χ1) is 10.8. The van der Waals surface area contributed by atoms with E-state index in [9.17, 15) is 27.6 Å². The Morgan fingerprint density at radius 2 is 1.57 bits per heavy atom. The van der Waals surface area contributed by atoms with E-state index in [2.05, 4.69) is 9.47 Å². The highest BCUT2D eigenvalue weighted by molar-refractivity contribution is 5.96. The largest absolute Gasteiger partial charge is 0.468 e. The Bertz CT molecular complexity index is 549. The van der Waals surface area contributed by atoms with Crippen molar-refractivity contribution in [1.29, 1.82) is 0 Å². The second kappa shape index (κ2) is 7.75. The van der Waals surface area contributed by atoms with Gasteiger partial charge < -0.3 is 14.3 Å². The van der Waals surface area contributed by atoms with Gasteiger partial charge in [-0.25, -0.2) is 0 Å². The van der Waals surface area contributed by atoms with Gasteiger partial charge in [0.1, 0.15) is 6.29 Å². The molecule has 0 aliphatic heterocycles. The molecule has 1 aromatic carbocycles. The smallest absolute Gasteiger partial charge is 0.416 e. The first kappa shape index (κ1) is 18.7. The van der Waals surface area contributed by atoms with E-state index in [0.29, 0.717) is 6.29 Å². The molecule has 8 heteroatoms. The number of hydrogen-bond acceptors (Lipinski definition) is 5. The Labute approximate surface area is 130 Å². The zero-order chi connectivity index (χ0) is 17.6. The summed E-state index contributed by atoms with van der Waals surface area (Å²) in [6.45, 7) is 0. The fourth-order valence-corrected chi connectivity index (χ4v) is 2.17. The number of ether oxygens (including phenoxy) is 2. The van der Waals surface area contributed by atoms with Crippen molar-refractivity contribution in [2.75, 3.05) is 14.2 Å². The number of hydrogen-bond donors (Lipinski definition) is 0. The van der Waals surface area contributed by atoms with Gasteiger partial charge in [-0.2, -0.15) is 13.2 Å². The Kier molecular flexibility index (Phi) is 6.29. The summed E-state index contributed by atoms with van der Waals surface area (Å²) in [6.07, 6.45) is -4.29. The summed E-state index contributed by atoms with van der Waals surface area (Å²) in [5, 5.41) is 0. The lowest BCUT2D eigenvalue weighted by Crippen LogP contribution is -2.32. The predicted molar refractivity (Wildman–Crippen MR) is 72.4 cm³/mol. The van der Waals surface area contributed by atoms with Crippen LogP contribution in [0.4, 0.5) is 13.2 Å². The molecule has 0 amide bonds. The highest BCUT2D eigenvalue weighted by Gasteiger charge is 2.38. The van der Waals surface area contributed by atoms with E-state index >= 15 is 0 Å². The molecule has 1 rings (SSSR count). The number of halogens is 3. The van der Waals surface area contributed by atoms with Gasteiger partial charge in [0.25, 0.3) is 0 Å². The van der Waals surface area contributed by atoms with E-state index in [-0.39, 0.29) is 12.0 Å². The molecule has 1 aromatic rings. The van der Waals surface area contributed by atoms with Gasteiger partial charge in [-0.15, -0.1) is 0 Å². The number of benzene rings is 1. The molecule has 5 nitrogen and oxygen atoms in total. The molecule has 0 spiro atoms. The van der Waals surface area contributed by atoms with Crippen LogP contribution in [0.15, 0.2) is 24.3 Å². The minimum atomic E-state index is -4.51. The van der Waals surface area contributed by atoms with E-state index in [4.69, 9.17) is 0 Å². The van der Waals surface area contributed by atoms with E-state index < -0.39 is 35.5 Å². The third kappa shape index (κ3) is 4.54. The minimum Gasteiger partial charge on any atom is -0.468 e. The van der Waals surface area contributed by atoms with Gasteiger partial charge in [0, 0.05) is 12.3 Å². The van der Waals surface area contributed by atoms with E-state index in [1.54, 1.807) is 0 Å². The first-order valence-electron chi connectivity index (χ1n) is 6.52. The molecule has 0 aromatic heterocycles. The van der Waals surface area contributed by atoms with E-state index in [0.717, 1.165) is 38.5 Å². The van der Waals surface area contributed by atoms with Gasteiger partial charge in [-0.05, 0) is 17.7 Å². The van der Waals surface area contributed by atoms with Crippen LogP contribution in [-0.4, -0.2) is 32.4 Å². The van der Waals surface area contributed by atoms with Crippen molar-refractivity contribution < 1.29 is 37.0 Å². The maximum Gasteiger partial charge on any atom is 0.416 e. The number of alkyl halides is 3.